The van der Waals surface area contributed by atoms with Crippen LogP contribution in [0.2, 0.25) is 0 Å². The molecule has 1 fully saturated rings. The van der Waals surface area contributed by atoms with E-state index in [0.717, 1.165) is 32.5 Å². The van der Waals surface area contributed by atoms with Crippen molar-refractivity contribution in [3.63, 3.8) is 0 Å². The number of carbonyl (C=O) groups is 2. The zero-order valence-corrected chi connectivity index (χ0v) is 16.4. The van der Waals surface area contributed by atoms with E-state index in [-0.39, 0.29) is 29.4 Å². The first-order valence-electron chi connectivity index (χ1n) is 9.73. The third kappa shape index (κ3) is 5.36. The van der Waals surface area contributed by atoms with E-state index < -0.39 is 0 Å². The minimum Gasteiger partial charge on any atom is -0.348 e. The molecule has 28 heavy (non-hydrogen) atoms. The van der Waals surface area contributed by atoms with Crippen LogP contribution >= 0.6 is 0 Å². The highest BCUT2D eigenvalue weighted by atomic mass is 16.2. The first-order chi connectivity index (χ1) is 13.5. The molecule has 3 rings (SSSR count). The van der Waals surface area contributed by atoms with Crippen molar-refractivity contribution in [3.05, 3.63) is 54.0 Å². The molecule has 2 heterocycles. The summed E-state index contributed by atoms with van der Waals surface area (Å²) in [5.41, 5.74) is 0.633. The van der Waals surface area contributed by atoms with Crippen LogP contribution in [0, 0.1) is 5.92 Å². The molecule has 1 saturated heterocycles. The molecule has 148 valence electrons. The minimum absolute atomic E-state index is 0.107. The number of rotatable bonds is 6. The number of piperidine rings is 1. The second-order valence-electron chi connectivity index (χ2n) is 7.52. The van der Waals surface area contributed by atoms with Crippen LogP contribution < -0.4 is 10.6 Å². The van der Waals surface area contributed by atoms with Gasteiger partial charge in [0.15, 0.2) is 11.5 Å². The molecule has 1 aromatic carbocycles. The fourth-order valence-corrected chi connectivity index (χ4v) is 3.39. The Hall–Kier alpha value is -2.80. The Morgan fingerprint density at radius 3 is 2.43 bits per heavy atom. The van der Waals surface area contributed by atoms with Gasteiger partial charge in [-0.05, 0) is 30.9 Å². The second kappa shape index (κ2) is 9.41. The molecule has 0 aliphatic carbocycles. The topological polar surface area (TPSA) is 87.2 Å². The van der Waals surface area contributed by atoms with Crippen molar-refractivity contribution in [2.45, 2.75) is 32.7 Å². The van der Waals surface area contributed by atoms with E-state index in [1.54, 1.807) is 24.3 Å². The van der Waals surface area contributed by atoms with E-state index in [9.17, 15) is 9.59 Å². The van der Waals surface area contributed by atoms with Gasteiger partial charge in [0.25, 0.3) is 11.8 Å². The number of nitrogens with zero attached hydrogens (tertiary/aromatic N) is 3. The van der Waals surface area contributed by atoms with E-state index in [2.05, 4.69) is 39.3 Å². The maximum absolute atomic E-state index is 12.7. The summed E-state index contributed by atoms with van der Waals surface area (Å²) >= 11 is 0. The molecule has 0 atom stereocenters. The number of nitrogens with one attached hydrogen (secondary N) is 2. The van der Waals surface area contributed by atoms with Gasteiger partial charge in [0.05, 0.1) is 0 Å². The van der Waals surface area contributed by atoms with Crippen LogP contribution in [0.15, 0.2) is 42.7 Å². The van der Waals surface area contributed by atoms with Gasteiger partial charge in [-0.3, -0.25) is 9.59 Å². The van der Waals surface area contributed by atoms with Gasteiger partial charge in [-0.1, -0.05) is 32.0 Å². The smallest absolute Gasteiger partial charge is 0.273 e. The number of benzene rings is 1. The fourth-order valence-electron chi connectivity index (χ4n) is 3.39. The highest BCUT2D eigenvalue weighted by molar-refractivity contribution is 6.07. The third-order valence-corrected chi connectivity index (χ3v) is 4.73. The third-order valence-electron chi connectivity index (χ3n) is 4.73. The zero-order chi connectivity index (χ0) is 19.9. The van der Waals surface area contributed by atoms with E-state index in [1.165, 1.54) is 12.4 Å². The number of aromatic nitrogens is 2. The van der Waals surface area contributed by atoms with Crippen molar-refractivity contribution in [1.29, 1.82) is 0 Å². The lowest BCUT2D eigenvalue weighted by atomic mass is 10.0. The standard InChI is InChI=1S/C21H27N5O2/c1-15(2)14-26-12-8-17(9-13-26)24-21(28)18-19(23-11-10-22-18)25-20(27)16-6-4-3-5-7-16/h3-7,10-11,15,17H,8-9,12-14H2,1-2H3,(H,24,28)(H,23,25,27). The van der Waals surface area contributed by atoms with Gasteiger partial charge in [-0.25, -0.2) is 9.97 Å². The van der Waals surface area contributed by atoms with E-state index >= 15 is 0 Å². The van der Waals surface area contributed by atoms with Crippen LogP contribution in [0.1, 0.15) is 47.5 Å². The lowest BCUT2D eigenvalue weighted by Crippen LogP contribution is -2.45. The number of hydrogen-bond acceptors (Lipinski definition) is 5. The molecule has 7 nitrogen and oxygen atoms in total. The number of hydrogen-bond donors (Lipinski definition) is 2. The first-order valence-corrected chi connectivity index (χ1v) is 9.73. The van der Waals surface area contributed by atoms with Gasteiger partial charge >= 0.3 is 0 Å². The summed E-state index contributed by atoms with van der Waals surface area (Å²) in [6.07, 6.45) is 4.73. The quantitative estimate of drug-likeness (QED) is 0.803. The Morgan fingerprint density at radius 2 is 1.75 bits per heavy atom. The average Bonchev–Trinajstić information content (AvgIpc) is 2.70. The monoisotopic (exact) mass is 381 g/mol. The number of amides is 2. The second-order valence-corrected chi connectivity index (χ2v) is 7.52. The molecule has 0 unspecified atom stereocenters. The molecule has 2 aromatic rings. The molecule has 2 N–H and O–H groups in total. The summed E-state index contributed by atoms with van der Waals surface area (Å²) in [6.45, 7) is 7.46. The molecule has 1 aliphatic heterocycles. The van der Waals surface area contributed by atoms with Crippen molar-refractivity contribution < 1.29 is 9.59 Å². The Labute approximate surface area is 165 Å². The summed E-state index contributed by atoms with van der Waals surface area (Å²) in [6, 6.07) is 8.92. The minimum atomic E-state index is -0.322. The molecule has 1 aromatic heterocycles. The summed E-state index contributed by atoms with van der Waals surface area (Å²) in [7, 11) is 0. The summed E-state index contributed by atoms with van der Waals surface area (Å²) in [4.78, 5) is 35.8. The molecule has 0 bridgehead atoms. The summed E-state index contributed by atoms with van der Waals surface area (Å²) < 4.78 is 0. The number of likely N-dealkylation sites (tertiary alicyclic amines) is 1. The predicted octanol–water partition coefficient (Wildman–Crippen LogP) is 2.58. The van der Waals surface area contributed by atoms with Crippen LogP contribution in [-0.2, 0) is 0 Å². The molecule has 0 spiro atoms. The Kier molecular flexibility index (Phi) is 6.71. The first kappa shape index (κ1) is 19.9. The van der Waals surface area contributed by atoms with Crippen LogP contribution in [0.3, 0.4) is 0 Å². The normalized spacial score (nSPS) is 15.4. The highest BCUT2D eigenvalue weighted by Crippen LogP contribution is 2.15. The van der Waals surface area contributed by atoms with Gasteiger partial charge < -0.3 is 15.5 Å². The van der Waals surface area contributed by atoms with Gasteiger partial charge in [-0.15, -0.1) is 0 Å². The highest BCUT2D eigenvalue weighted by Gasteiger charge is 2.24. The molecular formula is C21H27N5O2. The van der Waals surface area contributed by atoms with Crippen molar-refractivity contribution in [1.82, 2.24) is 20.2 Å². The van der Waals surface area contributed by atoms with Crippen molar-refractivity contribution in [2.75, 3.05) is 25.0 Å². The van der Waals surface area contributed by atoms with Crippen molar-refractivity contribution >= 4 is 17.6 Å². The van der Waals surface area contributed by atoms with Gasteiger partial charge in [0.1, 0.15) is 0 Å². The lowest BCUT2D eigenvalue weighted by molar-refractivity contribution is 0.0903. The summed E-state index contributed by atoms with van der Waals surface area (Å²) in [5, 5.41) is 5.74. The molecular weight excluding hydrogens is 354 g/mol. The van der Waals surface area contributed by atoms with Crippen LogP contribution in [0.25, 0.3) is 0 Å². The number of carbonyl (C=O) groups excluding carboxylic acids is 2. The molecule has 0 saturated carbocycles. The van der Waals surface area contributed by atoms with E-state index in [4.69, 9.17) is 0 Å². The Morgan fingerprint density at radius 1 is 1.07 bits per heavy atom. The van der Waals surface area contributed by atoms with Crippen LogP contribution in [-0.4, -0.2) is 52.4 Å². The van der Waals surface area contributed by atoms with Crippen molar-refractivity contribution in [3.8, 4) is 0 Å². The fraction of sp³-hybridized carbons (Fsp3) is 0.429. The molecule has 1 aliphatic rings. The Bertz CT molecular complexity index is 801. The average molecular weight is 381 g/mol. The van der Waals surface area contributed by atoms with Gasteiger partial charge in [0.2, 0.25) is 0 Å². The summed E-state index contributed by atoms with van der Waals surface area (Å²) in [5.74, 6) is 0.184. The van der Waals surface area contributed by atoms with Crippen molar-refractivity contribution in [2.24, 2.45) is 5.92 Å². The lowest BCUT2D eigenvalue weighted by Gasteiger charge is -2.33. The SMILES string of the molecule is CC(C)CN1CCC(NC(=O)c2nccnc2NC(=O)c2ccccc2)CC1. The van der Waals surface area contributed by atoms with Crippen LogP contribution in [0.5, 0.6) is 0 Å². The number of anilines is 1. The molecule has 7 heteroatoms. The molecule has 2 amide bonds. The molecule has 0 radical (unpaired) electrons. The van der Waals surface area contributed by atoms with Gasteiger partial charge in [-0.2, -0.15) is 0 Å². The van der Waals surface area contributed by atoms with Gasteiger partial charge in [0, 0.05) is 43.6 Å². The zero-order valence-electron chi connectivity index (χ0n) is 16.4. The van der Waals surface area contributed by atoms with E-state index in [0.29, 0.717) is 11.5 Å². The largest absolute Gasteiger partial charge is 0.348 e. The van der Waals surface area contributed by atoms with Crippen LogP contribution in [0.4, 0.5) is 5.82 Å². The maximum atomic E-state index is 12.7. The maximum Gasteiger partial charge on any atom is 0.273 e. The predicted molar refractivity (Wildman–Crippen MR) is 108 cm³/mol. The Balaban J connectivity index is 1.61. The van der Waals surface area contributed by atoms with E-state index in [1.807, 2.05) is 6.07 Å².